The first-order chi connectivity index (χ1) is 10.2. The van der Waals surface area contributed by atoms with E-state index < -0.39 is 0 Å². The Morgan fingerprint density at radius 2 is 2.10 bits per heavy atom. The highest BCUT2D eigenvalue weighted by atomic mass is 32.1. The van der Waals surface area contributed by atoms with E-state index in [1.54, 1.807) is 11.3 Å². The summed E-state index contributed by atoms with van der Waals surface area (Å²) in [6.07, 6.45) is 3.70. The number of rotatable bonds is 4. The zero-order valence-corrected chi connectivity index (χ0v) is 13.1. The third-order valence-electron chi connectivity index (χ3n) is 3.33. The van der Waals surface area contributed by atoms with Gasteiger partial charge in [0.15, 0.2) is 0 Å². The SMILES string of the molecule is CNc1nc(NCc2cnccc2C)c2cc(C)sc2n1. The van der Waals surface area contributed by atoms with E-state index in [4.69, 9.17) is 0 Å². The third-order valence-corrected chi connectivity index (χ3v) is 4.28. The summed E-state index contributed by atoms with van der Waals surface area (Å²) in [5, 5.41) is 7.49. The molecule has 0 fully saturated rings. The first kappa shape index (κ1) is 13.8. The molecule has 3 rings (SSSR count). The fraction of sp³-hybridized carbons (Fsp3) is 0.267. The normalized spacial score (nSPS) is 10.8. The molecule has 3 aromatic heterocycles. The van der Waals surface area contributed by atoms with Crippen LogP contribution < -0.4 is 10.6 Å². The average Bonchev–Trinajstić information content (AvgIpc) is 2.86. The summed E-state index contributed by atoms with van der Waals surface area (Å²) >= 11 is 1.68. The Morgan fingerprint density at radius 3 is 2.86 bits per heavy atom. The molecule has 0 aromatic carbocycles. The lowest BCUT2D eigenvalue weighted by molar-refractivity contribution is 1.06. The van der Waals surface area contributed by atoms with Crippen molar-refractivity contribution < 1.29 is 0 Å². The molecule has 0 unspecified atom stereocenters. The van der Waals surface area contributed by atoms with Crippen LogP contribution in [0.1, 0.15) is 16.0 Å². The van der Waals surface area contributed by atoms with E-state index in [0.717, 1.165) is 16.0 Å². The van der Waals surface area contributed by atoms with Crippen LogP contribution in [-0.2, 0) is 6.54 Å². The number of hydrogen-bond acceptors (Lipinski definition) is 6. The first-order valence-corrected chi connectivity index (χ1v) is 7.58. The van der Waals surface area contributed by atoms with Crippen molar-refractivity contribution in [1.29, 1.82) is 0 Å². The summed E-state index contributed by atoms with van der Waals surface area (Å²) in [5.41, 5.74) is 2.39. The standard InChI is InChI=1S/C15H17N5S/c1-9-4-5-17-7-11(9)8-18-13-12-6-10(2)21-14(12)20-15(16-3)19-13/h4-7H,8H2,1-3H3,(H2,16,18,19,20). The van der Waals surface area contributed by atoms with Crippen molar-refractivity contribution in [2.75, 3.05) is 17.7 Å². The van der Waals surface area contributed by atoms with Crippen LogP contribution in [0.4, 0.5) is 11.8 Å². The summed E-state index contributed by atoms with van der Waals surface area (Å²) < 4.78 is 0. The number of anilines is 2. The minimum Gasteiger partial charge on any atom is -0.365 e. The van der Waals surface area contributed by atoms with Crippen molar-refractivity contribution in [3.63, 3.8) is 0 Å². The van der Waals surface area contributed by atoms with Gasteiger partial charge in [0.05, 0.1) is 5.39 Å². The summed E-state index contributed by atoms with van der Waals surface area (Å²) in [7, 11) is 1.83. The molecule has 0 radical (unpaired) electrons. The molecule has 2 N–H and O–H groups in total. The zero-order valence-electron chi connectivity index (χ0n) is 12.3. The molecule has 21 heavy (non-hydrogen) atoms. The molecule has 0 bridgehead atoms. The van der Waals surface area contributed by atoms with E-state index in [0.29, 0.717) is 12.5 Å². The molecule has 6 heteroatoms. The van der Waals surface area contributed by atoms with Gasteiger partial charge < -0.3 is 10.6 Å². The van der Waals surface area contributed by atoms with Crippen LogP contribution in [0.2, 0.25) is 0 Å². The molecule has 0 aliphatic rings. The maximum absolute atomic E-state index is 4.53. The van der Waals surface area contributed by atoms with Crippen LogP contribution >= 0.6 is 11.3 Å². The minimum atomic E-state index is 0.634. The molecular weight excluding hydrogens is 282 g/mol. The molecule has 0 aliphatic heterocycles. The summed E-state index contributed by atoms with van der Waals surface area (Å²) in [6.45, 7) is 4.87. The van der Waals surface area contributed by atoms with Crippen molar-refractivity contribution in [2.24, 2.45) is 0 Å². The van der Waals surface area contributed by atoms with Gasteiger partial charge in [0.25, 0.3) is 0 Å². The molecule has 108 valence electrons. The van der Waals surface area contributed by atoms with Crippen molar-refractivity contribution >= 4 is 33.3 Å². The Hall–Kier alpha value is -2.21. The van der Waals surface area contributed by atoms with E-state index in [9.17, 15) is 0 Å². The number of fused-ring (bicyclic) bond motifs is 1. The Kier molecular flexibility index (Phi) is 3.70. The van der Waals surface area contributed by atoms with Crippen LogP contribution in [0, 0.1) is 13.8 Å². The number of nitrogens with zero attached hydrogens (tertiary/aromatic N) is 3. The molecule has 0 atom stereocenters. The molecule has 0 spiro atoms. The largest absolute Gasteiger partial charge is 0.365 e. The highest BCUT2D eigenvalue weighted by molar-refractivity contribution is 7.18. The zero-order chi connectivity index (χ0) is 14.8. The van der Waals surface area contributed by atoms with Crippen LogP contribution in [0.25, 0.3) is 10.2 Å². The molecular formula is C15H17N5S. The van der Waals surface area contributed by atoms with Gasteiger partial charge in [-0.1, -0.05) is 0 Å². The van der Waals surface area contributed by atoms with Gasteiger partial charge in [-0.25, -0.2) is 4.98 Å². The Balaban J connectivity index is 1.94. The summed E-state index contributed by atoms with van der Waals surface area (Å²) in [4.78, 5) is 15.4. The molecule has 3 heterocycles. The summed E-state index contributed by atoms with van der Waals surface area (Å²) in [6, 6.07) is 4.14. The Morgan fingerprint density at radius 1 is 1.24 bits per heavy atom. The van der Waals surface area contributed by atoms with Gasteiger partial charge in [-0.15, -0.1) is 11.3 Å². The molecule has 0 aliphatic carbocycles. The summed E-state index contributed by atoms with van der Waals surface area (Å²) in [5.74, 6) is 1.49. The van der Waals surface area contributed by atoms with Crippen molar-refractivity contribution in [3.8, 4) is 0 Å². The Labute approximate surface area is 127 Å². The first-order valence-electron chi connectivity index (χ1n) is 6.76. The second kappa shape index (κ2) is 5.65. The quantitative estimate of drug-likeness (QED) is 0.773. The van der Waals surface area contributed by atoms with Crippen LogP contribution in [0.5, 0.6) is 0 Å². The predicted octanol–water partition coefficient (Wildman–Crippen LogP) is 3.36. The fourth-order valence-electron chi connectivity index (χ4n) is 2.15. The Bertz CT molecular complexity index is 781. The predicted molar refractivity (Wildman–Crippen MR) is 88.0 cm³/mol. The molecule has 0 saturated carbocycles. The number of hydrogen-bond donors (Lipinski definition) is 2. The lowest BCUT2D eigenvalue weighted by atomic mass is 10.1. The van der Waals surface area contributed by atoms with Crippen molar-refractivity contribution in [2.45, 2.75) is 20.4 Å². The maximum atomic E-state index is 4.53. The number of pyridine rings is 1. The van der Waals surface area contributed by atoms with Gasteiger partial charge in [-0.2, -0.15) is 4.98 Å². The minimum absolute atomic E-state index is 0.634. The third kappa shape index (κ3) is 2.80. The highest BCUT2D eigenvalue weighted by Crippen LogP contribution is 2.29. The van der Waals surface area contributed by atoms with Gasteiger partial charge in [0.1, 0.15) is 10.6 Å². The van der Waals surface area contributed by atoms with E-state index in [-0.39, 0.29) is 0 Å². The molecule has 3 aromatic rings. The topological polar surface area (TPSA) is 62.7 Å². The number of nitrogens with one attached hydrogen (secondary N) is 2. The van der Waals surface area contributed by atoms with Gasteiger partial charge in [-0.3, -0.25) is 4.98 Å². The van der Waals surface area contributed by atoms with Gasteiger partial charge in [0.2, 0.25) is 5.95 Å². The highest BCUT2D eigenvalue weighted by Gasteiger charge is 2.10. The lowest BCUT2D eigenvalue weighted by Gasteiger charge is -2.10. The average molecular weight is 299 g/mol. The van der Waals surface area contributed by atoms with Crippen LogP contribution in [0.15, 0.2) is 24.5 Å². The van der Waals surface area contributed by atoms with Gasteiger partial charge in [-0.05, 0) is 37.1 Å². The number of aryl methyl sites for hydroxylation is 2. The smallest absolute Gasteiger partial charge is 0.225 e. The van der Waals surface area contributed by atoms with Crippen molar-refractivity contribution in [1.82, 2.24) is 15.0 Å². The van der Waals surface area contributed by atoms with Gasteiger partial charge in [0, 0.05) is 30.9 Å². The van der Waals surface area contributed by atoms with E-state index in [1.807, 2.05) is 25.5 Å². The number of thiophene rings is 1. The van der Waals surface area contributed by atoms with E-state index >= 15 is 0 Å². The number of aromatic nitrogens is 3. The lowest BCUT2D eigenvalue weighted by Crippen LogP contribution is -2.06. The second-order valence-electron chi connectivity index (χ2n) is 4.88. The molecule has 0 amide bonds. The monoisotopic (exact) mass is 299 g/mol. The van der Waals surface area contributed by atoms with Crippen LogP contribution in [0.3, 0.4) is 0 Å². The fourth-order valence-corrected chi connectivity index (χ4v) is 3.03. The maximum Gasteiger partial charge on any atom is 0.225 e. The van der Waals surface area contributed by atoms with E-state index in [2.05, 4.69) is 45.5 Å². The van der Waals surface area contributed by atoms with Crippen LogP contribution in [-0.4, -0.2) is 22.0 Å². The second-order valence-corrected chi connectivity index (χ2v) is 6.11. The van der Waals surface area contributed by atoms with Gasteiger partial charge >= 0.3 is 0 Å². The molecule has 5 nitrogen and oxygen atoms in total. The van der Waals surface area contributed by atoms with E-state index in [1.165, 1.54) is 16.0 Å². The molecule has 0 saturated heterocycles. The van der Waals surface area contributed by atoms with Crippen molar-refractivity contribution in [3.05, 3.63) is 40.5 Å².